The molecule has 3 rings (SSSR count). The van der Waals surface area contributed by atoms with Gasteiger partial charge in [-0.3, -0.25) is 4.79 Å². The predicted molar refractivity (Wildman–Crippen MR) is 89.1 cm³/mol. The molecule has 2 aromatic rings. The summed E-state index contributed by atoms with van der Waals surface area (Å²) in [5, 5.41) is 18.5. The molecule has 0 bridgehead atoms. The van der Waals surface area contributed by atoms with E-state index < -0.39 is 11.8 Å². The number of hydrogen-bond donors (Lipinski definition) is 3. The molecule has 1 aromatic heterocycles. The number of carboxylic acids is 1. The number of amides is 2. The third-order valence-corrected chi connectivity index (χ3v) is 4.35. The minimum Gasteiger partial charge on any atom is -0.481 e. The number of benzene rings is 1. The molecule has 0 aliphatic heterocycles. The summed E-state index contributed by atoms with van der Waals surface area (Å²) >= 11 is 0. The second kappa shape index (κ2) is 7.33. The van der Waals surface area contributed by atoms with Crippen LogP contribution in [-0.2, 0) is 4.79 Å². The second-order valence-corrected chi connectivity index (χ2v) is 6.11. The predicted octanol–water partition coefficient (Wildman–Crippen LogP) is 2.78. The smallest absolute Gasteiger partial charge is 0.319 e. The van der Waals surface area contributed by atoms with Crippen molar-refractivity contribution in [3.8, 4) is 5.69 Å². The monoisotopic (exact) mass is 346 g/mol. The number of carbonyl (C=O) groups is 2. The Balaban J connectivity index is 1.54. The van der Waals surface area contributed by atoms with Crippen molar-refractivity contribution in [2.24, 2.45) is 5.92 Å². The van der Waals surface area contributed by atoms with Gasteiger partial charge in [-0.1, -0.05) is 12.1 Å². The SMILES string of the molecule is O=C(Nc1cnn(-c2ccccc2F)c1)NC1CCC(C(=O)O)CC1. The fourth-order valence-electron chi connectivity index (χ4n) is 2.99. The van der Waals surface area contributed by atoms with Gasteiger partial charge in [0.1, 0.15) is 11.5 Å². The van der Waals surface area contributed by atoms with Crippen molar-refractivity contribution in [2.45, 2.75) is 31.7 Å². The van der Waals surface area contributed by atoms with E-state index in [0.717, 1.165) is 0 Å². The van der Waals surface area contributed by atoms with Crippen molar-refractivity contribution in [3.63, 3.8) is 0 Å². The average Bonchev–Trinajstić information content (AvgIpc) is 3.03. The van der Waals surface area contributed by atoms with E-state index in [1.165, 1.54) is 23.1 Å². The molecule has 1 aliphatic carbocycles. The van der Waals surface area contributed by atoms with Crippen molar-refractivity contribution < 1.29 is 19.1 Å². The number of aromatic nitrogens is 2. The number of nitrogens with one attached hydrogen (secondary N) is 2. The summed E-state index contributed by atoms with van der Waals surface area (Å²) in [6.07, 6.45) is 5.36. The van der Waals surface area contributed by atoms with Crippen molar-refractivity contribution in [1.82, 2.24) is 15.1 Å². The minimum atomic E-state index is -0.775. The number of nitrogens with zero attached hydrogens (tertiary/aromatic N) is 2. The number of halogens is 1. The molecule has 0 saturated heterocycles. The lowest BCUT2D eigenvalue weighted by molar-refractivity contribution is -0.142. The molecule has 1 saturated carbocycles. The topological polar surface area (TPSA) is 96.3 Å². The van der Waals surface area contributed by atoms with E-state index in [1.54, 1.807) is 18.2 Å². The molecule has 1 heterocycles. The van der Waals surface area contributed by atoms with E-state index in [1.807, 2.05) is 0 Å². The van der Waals surface area contributed by atoms with Crippen LogP contribution in [0.5, 0.6) is 0 Å². The van der Waals surface area contributed by atoms with Gasteiger partial charge in [-0.15, -0.1) is 0 Å². The largest absolute Gasteiger partial charge is 0.481 e. The average molecular weight is 346 g/mol. The second-order valence-electron chi connectivity index (χ2n) is 6.11. The maximum Gasteiger partial charge on any atom is 0.319 e. The maximum atomic E-state index is 13.7. The zero-order valence-electron chi connectivity index (χ0n) is 13.5. The van der Waals surface area contributed by atoms with Crippen LogP contribution >= 0.6 is 0 Å². The van der Waals surface area contributed by atoms with Gasteiger partial charge in [0.05, 0.1) is 24.0 Å². The van der Waals surface area contributed by atoms with Gasteiger partial charge in [0.25, 0.3) is 0 Å². The van der Waals surface area contributed by atoms with E-state index in [2.05, 4.69) is 15.7 Å². The molecular weight excluding hydrogens is 327 g/mol. The Kier molecular flexibility index (Phi) is 4.97. The first-order chi connectivity index (χ1) is 12.0. The first-order valence-corrected chi connectivity index (χ1v) is 8.13. The summed E-state index contributed by atoms with van der Waals surface area (Å²) < 4.78 is 15.1. The molecule has 25 heavy (non-hydrogen) atoms. The van der Waals surface area contributed by atoms with Crippen LogP contribution in [-0.4, -0.2) is 32.9 Å². The Morgan fingerprint density at radius 3 is 2.60 bits per heavy atom. The third kappa shape index (κ3) is 4.14. The van der Waals surface area contributed by atoms with E-state index in [9.17, 15) is 14.0 Å². The maximum absolute atomic E-state index is 13.7. The first kappa shape index (κ1) is 16.9. The fourth-order valence-corrected chi connectivity index (χ4v) is 2.99. The summed E-state index contributed by atoms with van der Waals surface area (Å²) in [5.41, 5.74) is 0.739. The first-order valence-electron chi connectivity index (χ1n) is 8.13. The highest BCUT2D eigenvalue weighted by molar-refractivity contribution is 5.89. The van der Waals surface area contributed by atoms with E-state index >= 15 is 0 Å². The molecule has 132 valence electrons. The molecule has 0 unspecified atom stereocenters. The molecule has 3 N–H and O–H groups in total. The van der Waals surface area contributed by atoms with Crippen molar-refractivity contribution in [1.29, 1.82) is 0 Å². The molecule has 1 fully saturated rings. The number of carbonyl (C=O) groups excluding carboxylic acids is 1. The number of hydrogen-bond acceptors (Lipinski definition) is 3. The highest BCUT2D eigenvalue weighted by atomic mass is 19.1. The van der Waals surface area contributed by atoms with Crippen LogP contribution in [0.1, 0.15) is 25.7 Å². The number of para-hydroxylation sites is 1. The Morgan fingerprint density at radius 2 is 1.92 bits per heavy atom. The molecule has 1 aromatic carbocycles. The number of carboxylic acid groups (broad SMARTS) is 1. The molecule has 8 heteroatoms. The third-order valence-electron chi connectivity index (χ3n) is 4.35. The Labute approximate surface area is 143 Å². The van der Waals surface area contributed by atoms with Crippen LogP contribution in [0.4, 0.5) is 14.9 Å². The molecule has 0 spiro atoms. The van der Waals surface area contributed by atoms with E-state index in [4.69, 9.17) is 5.11 Å². The Morgan fingerprint density at radius 1 is 1.20 bits per heavy atom. The van der Waals surface area contributed by atoms with Crippen LogP contribution in [0, 0.1) is 11.7 Å². The van der Waals surface area contributed by atoms with Crippen LogP contribution in [0.15, 0.2) is 36.7 Å². The summed E-state index contributed by atoms with van der Waals surface area (Å²) in [6, 6.07) is 5.79. The van der Waals surface area contributed by atoms with Crippen molar-refractivity contribution in [3.05, 3.63) is 42.5 Å². The molecular formula is C17H19FN4O3. The van der Waals surface area contributed by atoms with Crippen LogP contribution in [0.2, 0.25) is 0 Å². The van der Waals surface area contributed by atoms with Crippen LogP contribution < -0.4 is 10.6 Å². The minimum absolute atomic E-state index is 0.0442. The van der Waals surface area contributed by atoms with E-state index in [0.29, 0.717) is 37.1 Å². The molecule has 1 aliphatic rings. The number of aliphatic carboxylic acids is 1. The number of rotatable bonds is 4. The summed E-state index contributed by atoms with van der Waals surface area (Å²) in [7, 11) is 0. The van der Waals surface area contributed by atoms with Gasteiger partial charge >= 0.3 is 12.0 Å². The number of urea groups is 1. The Hall–Kier alpha value is -2.90. The quantitative estimate of drug-likeness (QED) is 0.793. The van der Waals surface area contributed by atoms with Gasteiger partial charge in [-0.25, -0.2) is 13.9 Å². The number of anilines is 1. The summed E-state index contributed by atoms with van der Waals surface area (Å²) in [4.78, 5) is 23.0. The lowest BCUT2D eigenvalue weighted by atomic mass is 9.86. The molecule has 2 amide bonds. The summed E-state index contributed by atoms with van der Waals surface area (Å²) in [5.74, 6) is -1.50. The van der Waals surface area contributed by atoms with Gasteiger partial charge in [-0.2, -0.15) is 5.10 Å². The highest BCUT2D eigenvalue weighted by Crippen LogP contribution is 2.24. The van der Waals surface area contributed by atoms with Crippen molar-refractivity contribution in [2.75, 3.05) is 5.32 Å². The van der Waals surface area contributed by atoms with Gasteiger partial charge < -0.3 is 15.7 Å². The molecule has 0 atom stereocenters. The Bertz CT molecular complexity index is 769. The molecule has 7 nitrogen and oxygen atoms in total. The van der Waals surface area contributed by atoms with Gasteiger partial charge in [-0.05, 0) is 37.8 Å². The summed E-state index contributed by atoms with van der Waals surface area (Å²) in [6.45, 7) is 0. The van der Waals surface area contributed by atoms with Gasteiger partial charge in [0.15, 0.2) is 0 Å². The lowest BCUT2D eigenvalue weighted by Gasteiger charge is -2.26. The zero-order valence-corrected chi connectivity index (χ0v) is 13.5. The van der Waals surface area contributed by atoms with E-state index in [-0.39, 0.29) is 18.0 Å². The normalized spacial score (nSPS) is 20.0. The van der Waals surface area contributed by atoms with Gasteiger partial charge in [0.2, 0.25) is 0 Å². The van der Waals surface area contributed by atoms with Gasteiger partial charge in [0, 0.05) is 6.04 Å². The van der Waals surface area contributed by atoms with Crippen molar-refractivity contribution >= 4 is 17.7 Å². The fraction of sp³-hybridized carbons (Fsp3) is 0.353. The van der Waals surface area contributed by atoms with Crippen LogP contribution in [0.3, 0.4) is 0 Å². The molecule has 0 radical (unpaired) electrons. The standard InChI is InChI=1S/C17H19FN4O3/c18-14-3-1-2-4-15(14)22-10-13(9-19-22)21-17(25)20-12-7-5-11(6-8-12)16(23)24/h1-4,9-12H,5-8H2,(H,23,24)(H2,20,21,25). The van der Waals surface area contributed by atoms with Crippen LogP contribution in [0.25, 0.3) is 5.69 Å². The lowest BCUT2D eigenvalue weighted by Crippen LogP contribution is -2.40. The highest BCUT2D eigenvalue weighted by Gasteiger charge is 2.26. The zero-order chi connectivity index (χ0) is 17.8.